The van der Waals surface area contributed by atoms with Gasteiger partial charge in [0.25, 0.3) is 10.2 Å². The third-order valence-electron chi connectivity index (χ3n) is 2.98. The number of hydrogen-bond acceptors (Lipinski definition) is 3. The molecule has 0 bridgehead atoms. The van der Waals surface area contributed by atoms with E-state index in [0.29, 0.717) is 6.54 Å². The van der Waals surface area contributed by atoms with Crippen LogP contribution in [0, 0.1) is 18.3 Å². The number of benzene rings is 1. The van der Waals surface area contributed by atoms with Crippen molar-refractivity contribution < 1.29 is 8.42 Å². The Hall–Kier alpha value is -1.42. The van der Waals surface area contributed by atoms with Crippen molar-refractivity contribution in [3.8, 4) is 6.07 Å². The molecule has 0 aromatic heterocycles. The summed E-state index contributed by atoms with van der Waals surface area (Å²) in [6, 6.07) is 9.62. The summed E-state index contributed by atoms with van der Waals surface area (Å²) in [6.45, 7) is 2.48. The summed E-state index contributed by atoms with van der Waals surface area (Å²) in [7, 11) is -0.477. The number of rotatable bonds is 6. The van der Waals surface area contributed by atoms with E-state index in [1.54, 1.807) is 7.05 Å². The van der Waals surface area contributed by atoms with Crippen LogP contribution >= 0.6 is 0 Å². The second-order valence-electron chi connectivity index (χ2n) is 4.42. The Balaban J connectivity index is 2.80. The Morgan fingerprint density at radius 1 is 1.21 bits per heavy atom. The maximum atomic E-state index is 12.2. The van der Waals surface area contributed by atoms with Crippen molar-refractivity contribution in [2.45, 2.75) is 19.9 Å². The van der Waals surface area contributed by atoms with Gasteiger partial charge < -0.3 is 0 Å². The normalized spacial score (nSPS) is 11.8. The minimum Gasteiger partial charge on any atom is -0.198 e. The van der Waals surface area contributed by atoms with Crippen molar-refractivity contribution in [1.82, 2.24) is 8.61 Å². The average molecular weight is 281 g/mol. The molecule has 6 heteroatoms. The summed E-state index contributed by atoms with van der Waals surface area (Å²) in [4.78, 5) is 0. The molecule has 104 valence electrons. The fourth-order valence-electron chi connectivity index (χ4n) is 1.67. The molecule has 0 aliphatic rings. The van der Waals surface area contributed by atoms with Crippen LogP contribution in [0.3, 0.4) is 0 Å². The van der Waals surface area contributed by atoms with Crippen molar-refractivity contribution in [3.05, 3.63) is 35.4 Å². The van der Waals surface area contributed by atoms with Crippen molar-refractivity contribution in [3.63, 3.8) is 0 Å². The predicted molar refractivity (Wildman–Crippen MR) is 74.4 cm³/mol. The van der Waals surface area contributed by atoms with Crippen molar-refractivity contribution >= 4 is 10.2 Å². The van der Waals surface area contributed by atoms with Gasteiger partial charge in [-0.05, 0) is 18.1 Å². The first-order chi connectivity index (χ1) is 8.89. The fourth-order valence-corrected chi connectivity index (χ4v) is 2.77. The van der Waals surface area contributed by atoms with Gasteiger partial charge in [0, 0.05) is 33.6 Å². The molecule has 0 heterocycles. The van der Waals surface area contributed by atoms with Gasteiger partial charge in [0.1, 0.15) is 0 Å². The van der Waals surface area contributed by atoms with Gasteiger partial charge in [-0.15, -0.1) is 0 Å². The second-order valence-corrected chi connectivity index (χ2v) is 6.56. The average Bonchev–Trinajstić information content (AvgIpc) is 2.38. The van der Waals surface area contributed by atoms with Crippen LogP contribution in [0.25, 0.3) is 0 Å². The molecule has 0 amide bonds. The molecule has 0 aliphatic heterocycles. The summed E-state index contributed by atoms with van der Waals surface area (Å²) in [6.07, 6.45) is 0.188. The lowest BCUT2D eigenvalue weighted by Gasteiger charge is -2.24. The van der Waals surface area contributed by atoms with Gasteiger partial charge in [0.2, 0.25) is 0 Å². The molecular formula is C13H19N3O2S. The van der Waals surface area contributed by atoms with Crippen molar-refractivity contribution in [2.24, 2.45) is 0 Å². The highest BCUT2D eigenvalue weighted by molar-refractivity contribution is 7.86. The number of aryl methyl sites for hydroxylation is 1. The first-order valence-electron chi connectivity index (χ1n) is 5.98. The largest absolute Gasteiger partial charge is 0.281 e. The SMILES string of the molecule is Cc1ccccc1CN(C)S(=O)(=O)N(C)CCC#N. The van der Waals surface area contributed by atoms with E-state index in [1.807, 2.05) is 37.3 Å². The van der Waals surface area contributed by atoms with Crippen LogP contribution in [-0.4, -0.2) is 37.7 Å². The lowest BCUT2D eigenvalue weighted by Crippen LogP contribution is -2.39. The van der Waals surface area contributed by atoms with E-state index >= 15 is 0 Å². The van der Waals surface area contributed by atoms with Crippen LogP contribution in [-0.2, 0) is 16.8 Å². The van der Waals surface area contributed by atoms with Gasteiger partial charge in [0.05, 0.1) is 6.07 Å². The highest BCUT2D eigenvalue weighted by atomic mass is 32.2. The fraction of sp³-hybridized carbons (Fsp3) is 0.462. The van der Waals surface area contributed by atoms with E-state index in [4.69, 9.17) is 5.26 Å². The zero-order valence-electron chi connectivity index (χ0n) is 11.5. The summed E-state index contributed by atoms with van der Waals surface area (Å²) in [5.74, 6) is 0. The lowest BCUT2D eigenvalue weighted by atomic mass is 10.1. The van der Waals surface area contributed by atoms with Crippen LogP contribution in [0.15, 0.2) is 24.3 Å². The molecule has 0 fully saturated rings. The molecule has 0 atom stereocenters. The predicted octanol–water partition coefficient (Wildman–Crippen LogP) is 1.52. The molecule has 1 aromatic rings. The molecular weight excluding hydrogens is 262 g/mol. The molecule has 5 nitrogen and oxygen atoms in total. The molecule has 0 unspecified atom stereocenters. The Morgan fingerprint density at radius 2 is 1.84 bits per heavy atom. The van der Waals surface area contributed by atoms with Gasteiger partial charge in [-0.25, -0.2) is 0 Å². The Bertz CT molecular complexity index is 563. The van der Waals surface area contributed by atoms with E-state index in [-0.39, 0.29) is 13.0 Å². The summed E-state index contributed by atoms with van der Waals surface area (Å²) < 4.78 is 26.9. The highest BCUT2D eigenvalue weighted by Crippen LogP contribution is 2.13. The van der Waals surface area contributed by atoms with Gasteiger partial charge >= 0.3 is 0 Å². The van der Waals surface area contributed by atoms with Crippen LogP contribution in [0.5, 0.6) is 0 Å². The topological polar surface area (TPSA) is 64.4 Å². The Kier molecular flexibility index (Phi) is 5.48. The van der Waals surface area contributed by atoms with Crippen LogP contribution in [0.4, 0.5) is 0 Å². The highest BCUT2D eigenvalue weighted by Gasteiger charge is 2.23. The monoisotopic (exact) mass is 281 g/mol. The van der Waals surface area contributed by atoms with E-state index in [2.05, 4.69) is 0 Å². The quantitative estimate of drug-likeness (QED) is 0.794. The second kappa shape index (κ2) is 6.66. The van der Waals surface area contributed by atoms with E-state index in [1.165, 1.54) is 15.7 Å². The zero-order chi connectivity index (χ0) is 14.5. The number of nitrogens with zero attached hydrogens (tertiary/aromatic N) is 3. The Labute approximate surface area is 115 Å². The molecule has 0 spiro atoms. The molecule has 19 heavy (non-hydrogen) atoms. The smallest absolute Gasteiger partial charge is 0.198 e. The first kappa shape index (κ1) is 15.6. The van der Waals surface area contributed by atoms with Gasteiger partial charge in [0.15, 0.2) is 0 Å². The molecule has 1 rings (SSSR count). The minimum atomic E-state index is -3.51. The third-order valence-corrected chi connectivity index (χ3v) is 4.87. The van der Waals surface area contributed by atoms with Crippen molar-refractivity contribution in [2.75, 3.05) is 20.6 Å². The van der Waals surface area contributed by atoms with Gasteiger partial charge in [-0.3, -0.25) is 0 Å². The minimum absolute atomic E-state index is 0.188. The van der Waals surface area contributed by atoms with Crippen LogP contribution in [0.1, 0.15) is 17.5 Å². The standard InChI is InChI=1S/C13H19N3O2S/c1-12-7-4-5-8-13(12)11-16(3)19(17,18)15(2)10-6-9-14/h4-5,7-8H,6,10-11H2,1-3H3. The molecule has 0 radical (unpaired) electrons. The molecule has 1 aromatic carbocycles. The zero-order valence-corrected chi connectivity index (χ0v) is 12.3. The number of hydrogen-bond donors (Lipinski definition) is 0. The third kappa shape index (κ3) is 4.03. The lowest BCUT2D eigenvalue weighted by molar-refractivity contribution is 0.392. The molecule has 0 saturated carbocycles. The van der Waals surface area contributed by atoms with E-state index in [9.17, 15) is 8.42 Å². The number of nitriles is 1. The van der Waals surface area contributed by atoms with Gasteiger partial charge in [-0.1, -0.05) is 24.3 Å². The molecule has 0 saturated heterocycles. The Morgan fingerprint density at radius 3 is 2.42 bits per heavy atom. The summed E-state index contributed by atoms with van der Waals surface area (Å²) in [5.41, 5.74) is 2.03. The molecule has 0 aliphatic carbocycles. The molecule has 0 N–H and O–H groups in total. The maximum absolute atomic E-state index is 12.2. The van der Waals surface area contributed by atoms with Crippen LogP contribution < -0.4 is 0 Å². The summed E-state index contributed by atoms with van der Waals surface area (Å²) >= 11 is 0. The van der Waals surface area contributed by atoms with E-state index in [0.717, 1.165) is 11.1 Å². The van der Waals surface area contributed by atoms with Gasteiger partial charge in [-0.2, -0.15) is 22.3 Å². The first-order valence-corrected chi connectivity index (χ1v) is 7.38. The summed E-state index contributed by atoms with van der Waals surface area (Å²) in [5, 5.41) is 8.51. The van der Waals surface area contributed by atoms with Crippen molar-refractivity contribution in [1.29, 1.82) is 5.26 Å². The van der Waals surface area contributed by atoms with E-state index < -0.39 is 10.2 Å². The van der Waals surface area contributed by atoms with Crippen LogP contribution in [0.2, 0.25) is 0 Å². The maximum Gasteiger partial charge on any atom is 0.281 e.